The highest BCUT2D eigenvalue weighted by molar-refractivity contribution is 5.99. The van der Waals surface area contributed by atoms with E-state index >= 15 is 0 Å². The van der Waals surface area contributed by atoms with Crippen molar-refractivity contribution in [1.29, 1.82) is 0 Å². The van der Waals surface area contributed by atoms with Crippen LogP contribution in [0.5, 0.6) is 6.01 Å². The summed E-state index contributed by atoms with van der Waals surface area (Å²) in [4.78, 5) is 10.8. The maximum absolute atomic E-state index is 5.23. The lowest BCUT2D eigenvalue weighted by Crippen LogP contribution is -2.09. The Morgan fingerprint density at radius 2 is 1.70 bits per heavy atom. The molecule has 0 saturated carbocycles. The third-order valence-electron chi connectivity index (χ3n) is 4.10. The molecule has 3 rings (SSSR count). The molecule has 0 aliphatic rings. The molecular formula is C21H23N5O. The zero-order chi connectivity index (χ0) is 19.2. The second kappa shape index (κ2) is 8.31. The summed E-state index contributed by atoms with van der Waals surface area (Å²) in [7, 11) is 5.59. The first-order valence-corrected chi connectivity index (χ1v) is 8.63. The first-order valence-electron chi connectivity index (χ1n) is 8.63. The molecule has 0 fully saturated rings. The van der Waals surface area contributed by atoms with E-state index in [9.17, 15) is 0 Å². The van der Waals surface area contributed by atoms with Crippen LogP contribution in [0.4, 0.5) is 11.5 Å². The summed E-state index contributed by atoms with van der Waals surface area (Å²) in [6.45, 7) is 1.95. The van der Waals surface area contributed by atoms with Crippen molar-refractivity contribution < 1.29 is 4.74 Å². The number of rotatable bonds is 6. The van der Waals surface area contributed by atoms with E-state index in [1.807, 2.05) is 69.6 Å². The van der Waals surface area contributed by atoms with E-state index < -0.39 is 0 Å². The Morgan fingerprint density at radius 3 is 2.33 bits per heavy atom. The fourth-order valence-corrected chi connectivity index (χ4v) is 2.54. The Hall–Kier alpha value is -3.41. The number of anilines is 2. The van der Waals surface area contributed by atoms with Gasteiger partial charge in [0.05, 0.1) is 18.5 Å². The van der Waals surface area contributed by atoms with Crippen LogP contribution in [0.15, 0.2) is 65.8 Å². The minimum atomic E-state index is 0.294. The fraction of sp³-hybridized carbons (Fsp3) is 0.190. The van der Waals surface area contributed by atoms with Gasteiger partial charge in [0.1, 0.15) is 0 Å². The molecule has 1 heterocycles. The van der Waals surface area contributed by atoms with Gasteiger partial charge in [-0.1, -0.05) is 42.5 Å². The second-order valence-corrected chi connectivity index (χ2v) is 6.24. The number of hydrazone groups is 1. The molecule has 1 aromatic heterocycles. The predicted molar refractivity (Wildman–Crippen MR) is 111 cm³/mol. The second-order valence-electron chi connectivity index (χ2n) is 6.24. The third-order valence-corrected chi connectivity index (χ3v) is 4.10. The van der Waals surface area contributed by atoms with E-state index in [0.717, 1.165) is 28.2 Å². The third kappa shape index (κ3) is 4.61. The highest BCUT2D eigenvalue weighted by Gasteiger charge is 2.07. The molecule has 1 N–H and O–H groups in total. The van der Waals surface area contributed by atoms with Crippen molar-refractivity contribution in [3.05, 3.63) is 66.2 Å². The quantitative estimate of drug-likeness (QED) is 0.530. The lowest BCUT2D eigenvalue weighted by Gasteiger charge is -2.12. The summed E-state index contributed by atoms with van der Waals surface area (Å²) in [6.07, 6.45) is 0. The van der Waals surface area contributed by atoms with Crippen molar-refractivity contribution in [2.45, 2.75) is 6.92 Å². The zero-order valence-electron chi connectivity index (χ0n) is 16.0. The predicted octanol–water partition coefficient (Wildman–Crippen LogP) is 4.05. The summed E-state index contributed by atoms with van der Waals surface area (Å²) in [5, 5.41) is 4.46. The number of aromatic nitrogens is 2. The van der Waals surface area contributed by atoms with Crippen LogP contribution in [0, 0.1) is 0 Å². The van der Waals surface area contributed by atoms with Crippen LogP contribution in [0.25, 0.3) is 11.3 Å². The minimum absolute atomic E-state index is 0.294. The molecule has 2 aromatic carbocycles. The average Bonchev–Trinajstić information content (AvgIpc) is 2.72. The smallest absolute Gasteiger partial charge is 0.318 e. The number of ether oxygens (including phenoxy) is 1. The molecular weight excluding hydrogens is 338 g/mol. The highest BCUT2D eigenvalue weighted by atomic mass is 16.5. The Balaban J connectivity index is 1.83. The molecule has 3 aromatic rings. The van der Waals surface area contributed by atoms with Gasteiger partial charge in [-0.25, -0.2) is 0 Å². The molecule has 0 atom stereocenters. The van der Waals surface area contributed by atoms with Crippen molar-refractivity contribution in [3.63, 3.8) is 0 Å². The van der Waals surface area contributed by atoms with Gasteiger partial charge in [0.15, 0.2) is 5.82 Å². The van der Waals surface area contributed by atoms with Crippen LogP contribution < -0.4 is 15.1 Å². The first kappa shape index (κ1) is 18.4. The van der Waals surface area contributed by atoms with E-state index in [1.165, 1.54) is 0 Å². The lowest BCUT2D eigenvalue weighted by molar-refractivity contribution is 0.381. The molecule has 138 valence electrons. The van der Waals surface area contributed by atoms with Gasteiger partial charge >= 0.3 is 6.01 Å². The average molecular weight is 361 g/mol. The molecule has 0 radical (unpaired) electrons. The van der Waals surface area contributed by atoms with Crippen LogP contribution in [-0.4, -0.2) is 36.9 Å². The molecule has 6 heteroatoms. The van der Waals surface area contributed by atoms with Crippen molar-refractivity contribution in [1.82, 2.24) is 9.97 Å². The van der Waals surface area contributed by atoms with E-state index in [0.29, 0.717) is 11.8 Å². The van der Waals surface area contributed by atoms with Crippen molar-refractivity contribution >= 4 is 17.2 Å². The molecule has 0 bridgehead atoms. The molecule has 6 nitrogen and oxygen atoms in total. The highest BCUT2D eigenvalue weighted by Crippen LogP contribution is 2.22. The fourth-order valence-electron chi connectivity index (χ4n) is 2.54. The molecule has 0 unspecified atom stereocenters. The molecule has 0 amide bonds. The Labute approximate surface area is 159 Å². The van der Waals surface area contributed by atoms with Crippen LogP contribution in [-0.2, 0) is 0 Å². The van der Waals surface area contributed by atoms with Crippen LogP contribution in [0.2, 0.25) is 0 Å². The van der Waals surface area contributed by atoms with Crippen molar-refractivity contribution in [2.75, 3.05) is 31.5 Å². The van der Waals surface area contributed by atoms with Gasteiger partial charge in [-0.05, 0) is 24.6 Å². The van der Waals surface area contributed by atoms with E-state index in [2.05, 4.69) is 37.5 Å². The van der Waals surface area contributed by atoms with Gasteiger partial charge in [0.25, 0.3) is 0 Å². The van der Waals surface area contributed by atoms with Gasteiger partial charge in [0.2, 0.25) is 0 Å². The molecule has 0 aliphatic carbocycles. The molecule has 27 heavy (non-hydrogen) atoms. The first-order chi connectivity index (χ1) is 13.1. The normalized spacial score (nSPS) is 11.2. The summed E-state index contributed by atoms with van der Waals surface area (Å²) in [5.41, 5.74) is 7.82. The minimum Gasteiger partial charge on any atom is -0.467 e. The standard InChI is InChI=1S/C21H23N5O/c1-15(16-10-12-18(13-11-16)26(2)3)24-25-20-14-19(22-21(23-20)27-4)17-8-6-5-7-9-17/h5-14H,1-4H3,(H,22,23,25)/b24-15+. The van der Waals surface area contributed by atoms with Gasteiger partial charge in [-0.15, -0.1) is 0 Å². The number of hydrogen-bond acceptors (Lipinski definition) is 6. The van der Waals surface area contributed by atoms with E-state index in [4.69, 9.17) is 4.74 Å². The number of benzene rings is 2. The zero-order valence-corrected chi connectivity index (χ0v) is 16.0. The maximum atomic E-state index is 5.23. The SMILES string of the molecule is COc1nc(N/N=C(\C)c2ccc(N(C)C)cc2)cc(-c2ccccc2)n1. The van der Waals surface area contributed by atoms with Crippen molar-refractivity contribution in [3.8, 4) is 17.3 Å². The number of hydrogen-bond donors (Lipinski definition) is 1. The summed E-state index contributed by atoms with van der Waals surface area (Å²) in [5.74, 6) is 0.574. The number of nitrogens with zero attached hydrogens (tertiary/aromatic N) is 4. The monoisotopic (exact) mass is 361 g/mol. The number of nitrogens with one attached hydrogen (secondary N) is 1. The topological polar surface area (TPSA) is 62.6 Å². The molecule has 0 aliphatic heterocycles. The van der Waals surface area contributed by atoms with Gasteiger partial charge < -0.3 is 9.64 Å². The van der Waals surface area contributed by atoms with Gasteiger partial charge in [0, 0.05) is 31.4 Å². The largest absolute Gasteiger partial charge is 0.467 e. The summed E-state index contributed by atoms with van der Waals surface area (Å²) >= 11 is 0. The van der Waals surface area contributed by atoms with Gasteiger partial charge in [-0.2, -0.15) is 15.1 Å². The summed E-state index contributed by atoms with van der Waals surface area (Å²) in [6, 6.07) is 20.3. The van der Waals surface area contributed by atoms with Crippen LogP contribution in [0.1, 0.15) is 12.5 Å². The Morgan fingerprint density at radius 1 is 1.00 bits per heavy atom. The van der Waals surface area contributed by atoms with Gasteiger partial charge in [-0.3, -0.25) is 5.43 Å². The van der Waals surface area contributed by atoms with Crippen LogP contribution >= 0.6 is 0 Å². The maximum Gasteiger partial charge on any atom is 0.318 e. The molecule has 0 spiro atoms. The summed E-state index contributed by atoms with van der Waals surface area (Å²) < 4.78 is 5.23. The van der Waals surface area contributed by atoms with E-state index in [-0.39, 0.29) is 0 Å². The van der Waals surface area contributed by atoms with Crippen molar-refractivity contribution in [2.24, 2.45) is 5.10 Å². The number of methoxy groups -OCH3 is 1. The van der Waals surface area contributed by atoms with Crippen LogP contribution in [0.3, 0.4) is 0 Å². The van der Waals surface area contributed by atoms with E-state index in [1.54, 1.807) is 7.11 Å². The Kier molecular flexibility index (Phi) is 5.66. The molecule has 0 saturated heterocycles. The Bertz CT molecular complexity index is 921. The lowest BCUT2D eigenvalue weighted by atomic mass is 10.1.